The lowest BCUT2D eigenvalue weighted by Gasteiger charge is -2.29. The second-order valence-electron chi connectivity index (χ2n) is 7.74. The van der Waals surface area contributed by atoms with Gasteiger partial charge in [0, 0.05) is 31.1 Å². The van der Waals surface area contributed by atoms with E-state index in [2.05, 4.69) is 21.5 Å². The number of hydrogen-bond donors (Lipinski definition) is 1. The van der Waals surface area contributed by atoms with Crippen molar-refractivity contribution in [3.63, 3.8) is 0 Å². The highest BCUT2D eigenvalue weighted by Crippen LogP contribution is 2.34. The van der Waals surface area contributed by atoms with E-state index in [4.69, 9.17) is 4.52 Å². The second-order valence-corrected chi connectivity index (χ2v) is 8.79. The molecule has 7 nitrogen and oxygen atoms in total. The van der Waals surface area contributed by atoms with Crippen molar-refractivity contribution in [1.29, 1.82) is 0 Å². The van der Waals surface area contributed by atoms with Crippen LogP contribution in [0.1, 0.15) is 59.6 Å². The molecule has 2 aromatic heterocycles. The molecular formula is C22H26N4O3S. The lowest BCUT2D eigenvalue weighted by atomic mass is 9.98. The molecule has 0 spiro atoms. The van der Waals surface area contributed by atoms with Crippen LogP contribution in [-0.4, -0.2) is 39.4 Å². The Bertz CT molecular complexity index is 1060. The molecule has 1 N–H and O–H groups in total. The number of benzene rings is 1. The van der Waals surface area contributed by atoms with Gasteiger partial charge in [-0.3, -0.25) is 9.59 Å². The molecule has 8 heteroatoms. The maximum absolute atomic E-state index is 13.1. The van der Waals surface area contributed by atoms with Crippen molar-refractivity contribution >= 4 is 33.2 Å². The van der Waals surface area contributed by atoms with Crippen molar-refractivity contribution in [2.24, 2.45) is 0 Å². The molecule has 0 bridgehead atoms. The number of hydrogen-bond acceptors (Lipinski definition) is 6. The molecule has 1 saturated heterocycles. The Balaban J connectivity index is 1.62. The van der Waals surface area contributed by atoms with Crippen LogP contribution in [-0.2, 0) is 17.8 Å². The predicted octanol–water partition coefficient (Wildman–Crippen LogP) is 3.86. The molecule has 158 valence electrons. The summed E-state index contributed by atoms with van der Waals surface area (Å²) >= 11 is 1.50. The minimum Gasteiger partial charge on any atom is -0.344 e. The zero-order chi connectivity index (χ0) is 21.1. The van der Waals surface area contributed by atoms with E-state index in [9.17, 15) is 9.59 Å². The van der Waals surface area contributed by atoms with Crippen molar-refractivity contribution in [1.82, 2.24) is 20.4 Å². The summed E-state index contributed by atoms with van der Waals surface area (Å²) in [6.07, 6.45) is 4.94. The second kappa shape index (κ2) is 8.95. The standard InChI is InChI=1S/C22H26N4O3S/c1-14-24-20(25-29-14)13-23-22(28)21-18(17-9-5-6-10-19(17)30-21)12-16-8-4-3-7-11-26(16)15(2)27/h5-6,9-10,16H,3-4,7-8,11-13H2,1-2H3,(H,23,28)/t16-/m1/s1. The molecule has 1 fully saturated rings. The van der Waals surface area contributed by atoms with Crippen LogP contribution < -0.4 is 5.32 Å². The van der Waals surface area contributed by atoms with Gasteiger partial charge in [0.1, 0.15) is 0 Å². The first-order chi connectivity index (χ1) is 14.5. The topological polar surface area (TPSA) is 88.3 Å². The molecule has 1 atom stereocenters. The van der Waals surface area contributed by atoms with Gasteiger partial charge in [0.05, 0.1) is 11.4 Å². The lowest BCUT2D eigenvalue weighted by molar-refractivity contribution is -0.131. The van der Waals surface area contributed by atoms with E-state index in [-0.39, 0.29) is 24.4 Å². The summed E-state index contributed by atoms with van der Waals surface area (Å²) in [6, 6.07) is 8.21. The molecule has 0 saturated carbocycles. The Morgan fingerprint density at radius 3 is 2.87 bits per heavy atom. The van der Waals surface area contributed by atoms with Crippen molar-refractivity contribution in [3.8, 4) is 0 Å². The van der Waals surface area contributed by atoms with Gasteiger partial charge in [0.25, 0.3) is 5.91 Å². The third-order valence-corrected chi connectivity index (χ3v) is 6.81. The van der Waals surface area contributed by atoms with Crippen molar-refractivity contribution in [2.75, 3.05) is 6.54 Å². The maximum Gasteiger partial charge on any atom is 0.262 e. The Kier molecular flexibility index (Phi) is 6.13. The van der Waals surface area contributed by atoms with Crippen LogP contribution in [0.3, 0.4) is 0 Å². The van der Waals surface area contributed by atoms with Crippen molar-refractivity contribution < 1.29 is 14.1 Å². The fraction of sp³-hybridized carbons (Fsp3) is 0.455. The average Bonchev–Trinajstić information content (AvgIpc) is 3.22. The van der Waals surface area contributed by atoms with Crippen molar-refractivity contribution in [2.45, 2.75) is 58.5 Å². The molecule has 0 radical (unpaired) electrons. The van der Waals surface area contributed by atoms with Crippen LogP contribution >= 0.6 is 11.3 Å². The summed E-state index contributed by atoms with van der Waals surface area (Å²) in [5, 5.41) is 7.85. The number of carbonyl (C=O) groups excluding carboxylic acids is 2. The van der Waals surface area contributed by atoms with Crippen LogP contribution in [0.5, 0.6) is 0 Å². The Hall–Kier alpha value is -2.74. The van der Waals surface area contributed by atoms with Gasteiger partial charge in [0.2, 0.25) is 11.8 Å². The molecular weight excluding hydrogens is 400 g/mol. The SMILES string of the molecule is CC(=O)N1CCCCC[C@@H]1Cc1c(C(=O)NCc2noc(C)n2)sc2ccccc12. The van der Waals surface area contributed by atoms with E-state index in [1.165, 1.54) is 11.3 Å². The van der Waals surface area contributed by atoms with E-state index in [1.807, 2.05) is 23.1 Å². The number of rotatable bonds is 5. The number of amides is 2. The molecule has 1 aromatic carbocycles. The number of carbonyl (C=O) groups is 2. The number of nitrogens with one attached hydrogen (secondary N) is 1. The van der Waals surface area contributed by atoms with E-state index in [0.717, 1.165) is 47.9 Å². The molecule has 1 aliphatic rings. The third kappa shape index (κ3) is 4.38. The zero-order valence-electron chi connectivity index (χ0n) is 17.3. The Morgan fingerprint density at radius 2 is 2.10 bits per heavy atom. The monoisotopic (exact) mass is 426 g/mol. The molecule has 2 amide bonds. The van der Waals surface area contributed by atoms with Crippen molar-refractivity contribution in [3.05, 3.63) is 46.4 Å². The van der Waals surface area contributed by atoms with Crippen LogP contribution in [0.4, 0.5) is 0 Å². The van der Waals surface area contributed by atoms with Crippen LogP contribution in [0, 0.1) is 6.92 Å². The highest BCUT2D eigenvalue weighted by Gasteiger charge is 2.27. The van der Waals surface area contributed by atoms with E-state index >= 15 is 0 Å². The van der Waals surface area contributed by atoms with E-state index in [0.29, 0.717) is 23.0 Å². The van der Waals surface area contributed by atoms with Gasteiger partial charge in [-0.2, -0.15) is 4.98 Å². The lowest BCUT2D eigenvalue weighted by Crippen LogP contribution is -2.40. The zero-order valence-corrected chi connectivity index (χ0v) is 18.1. The fourth-order valence-corrected chi connectivity index (χ4v) is 5.33. The summed E-state index contributed by atoms with van der Waals surface area (Å²) in [4.78, 5) is 32.2. The summed E-state index contributed by atoms with van der Waals surface area (Å²) in [5.74, 6) is 0.895. The first-order valence-electron chi connectivity index (χ1n) is 10.4. The quantitative estimate of drug-likeness (QED) is 0.669. The number of fused-ring (bicyclic) bond motifs is 1. The summed E-state index contributed by atoms with van der Waals surface area (Å²) in [5.41, 5.74) is 1.02. The summed E-state index contributed by atoms with van der Waals surface area (Å²) < 4.78 is 6.05. The summed E-state index contributed by atoms with van der Waals surface area (Å²) in [6.45, 7) is 4.37. The largest absolute Gasteiger partial charge is 0.344 e. The normalized spacial score (nSPS) is 17.1. The summed E-state index contributed by atoms with van der Waals surface area (Å²) in [7, 11) is 0. The van der Waals surface area contributed by atoms with E-state index < -0.39 is 0 Å². The predicted molar refractivity (Wildman–Crippen MR) is 115 cm³/mol. The Labute approximate surface area is 179 Å². The third-order valence-electron chi connectivity index (χ3n) is 5.60. The number of likely N-dealkylation sites (tertiary alicyclic amines) is 1. The Morgan fingerprint density at radius 1 is 1.27 bits per heavy atom. The van der Waals surface area contributed by atoms with Gasteiger partial charge in [-0.1, -0.05) is 36.2 Å². The van der Waals surface area contributed by atoms with Gasteiger partial charge in [-0.25, -0.2) is 0 Å². The van der Waals surface area contributed by atoms with Crippen LogP contribution in [0.25, 0.3) is 10.1 Å². The number of aryl methyl sites for hydroxylation is 1. The van der Waals surface area contributed by atoms with Gasteiger partial charge in [0.15, 0.2) is 5.82 Å². The minimum absolute atomic E-state index is 0.111. The van der Waals surface area contributed by atoms with E-state index in [1.54, 1.807) is 13.8 Å². The number of nitrogens with zero attached hydrogens (tertiary/aromatic N) is 3. The molecule has 3 aromatic rings. The number of aromatic nitrogens is 2. The van der Waals surface area contributed by atoms with Crippen LogP contribution in [0.15, 0.2) is 28.8 Å². The minimum atomic E-state index is -0.142. The molecule has 1 aliphatic heterocycles. The highest BCUT2D eigenvalue weighted by molar-refractivity contribution is 7.21. The fourth-order valence-electron chi connectivity index (χ4n) is 4.18. The smallest absolute Gasteiger partial charge is 0.262 e. The molecule has 3 heterocycles. The van der Waals surface area contributed by atoms with Gasteiger partial charge >= 0.3 is 0 Å². The molecule has 4 rings (SSSR count). The van der Waals surface area contributed by atoms with Gasteiger partial charge in [-0.05, 0) is 36.3 Å². The van der Waals surface area contributed by atoms with Crippen LogP contribution in [0.2, 0.25) is 0 Å². The number of thiophene rings is 1. The van der Waals surface area contributed by atoms with Gasteiger partial charge < -0.3 is 14.7 Å². The molecule has 0 aliphatic carbocycles. The molecule has 30 heavy (non-hydrogen) atoms. The maximum atomic E-state index is 13.1. The highest BCUT2D eigenvalue weighted by atomic mass is 32.1. The van der Waals surface area contributed by atoms with Gasteiger partial charge in [-0.15, -0.1) is 11.3 Å². The average molecular weight is 427 g/mol. The molecule has 0 unspecified atom stereocenters. The first-order valence-corrected chi connectivity index (χ1v) is 11.2. The first kappa shape index (κ1) is 20.5.